The van der Waals surface area contributed by atoms with E-state index in [0.717, 1.165) is 0 Å². The zero-order valence-electron chi connectivity index (χ0n) is 12.4. The molecule has 0 heterocycles. The van der Waals surface area contributed by atoms with E-state index in [-0.39, 0.29) is 24.5 Å². The highest BCUT2D eigenvalue weighted by Gasteiger charge is 2.12. The van der Waals surface area contributed by atoms with Crippen LogP contribution in [0.15, 0.2) is 24.3 Å². The number of rotatable bonds is 6. The number of hydrogen-bond acceptors (Lipinski definition) is 3. The van der Waals surface area contributed by atoms with Crippen molar-refractivity contribution in [3.05, 3.63) is 24.3 Å². The first-order chi connectivity index (χ1) is 9.40. The van der Waals surface area contributed by atoms with Gasteiger partial charge in [0, 0.05) is 13.0 Å². The Morgan fingerprint density at radius 3 is 2.45 bits per heavy atom. The number of nitrogens with one attached hydrogen (secondary N) is 2. The van der Waals surface area contributed by atoms with Crippen LogP contribution >= 0.6 is 0 Å². The van der Waals surface area contributed by atoms with Crippen molar-refractivity contribution in [1.29, 1.82) is 0 Å². The van der Waals surface area contributed by atoms with E-state index in [9.17, 15) is 9.59 Å². The van der Waals surface area contributed by atoms with Crippen LogP contribution in [-0.2, 0) is 9.59 Å². The largest absolute Gasteiger partial charge is 0.482 e. The summed E-state index contributed by atoms with van der Waals surface area (Å²) in [5.74, 6) is 0.489. The minimum atomic E-state index is -0.182. The first-order valence-corrected chi connectivity index (χ1v) is 6.69. The quantitative estimate of drug-likeness (QED) is 0.838. The summed E-state index contributed by atoms with van der Waals surface area (Å²) in [5, 5.41) is 5.52. The number of hydrogen-bond donors (Lipinski definition) is 2. The summed E-state index contributed by atoms with van der Waals surface area (Å²) in [6.07, 6.45) is 0. The lowest BCUT2D eigenvalue weighted by Gasteiger charge is -2.18. The molecule has 1 unspecified atom stereocenters. The van der Waals surface area contributed by atoms with Gasteiger partial charge in [-0.15, -0.1) is 0 Å². The molecule has 1 aromatic rings. The molecule has 0 saturated heterocycles. The van der Waals surface area contributed by atoms with E-state index >= 15 is 0 Å². The van der Waals surface area contributed by atoms with Crippen molar-refractivity contribution in [2.75, 3.05) is 11.9 Å². The molecule has 2 amide bonds. The number of anilines is 1. The van der Waals surface area contributed by atoms with Gasteiger partial charge in [-0.3, -0.25) is 9.59 Å². The van der Waals surface area contributed by atoms with Crippen LogP contribution in [0.4, 0.5) is 5.69 Å². The lowest BCUT2D eigenvalue weighted by atomic mass is 10.1. The molecule has 110 valence electrons. The van der Waals surface area contributed by atoms with Crippen molar-refractivity contribution in [2.45, 2.75) is 33.7 Å². The standard InChI is InChI=1S/C15H22N2O3/c1-10(2)11(3)16-15(19)9-20-14-8-6-5-7-13(14)17-12(4)18/h5-8,10-11H,9H2,1-4H3,(H,16,19)(H,17,18). The normalized spacial score (nSPS) is 11.8. The van der Waals surface area contributed by atoms with Gasteiger partial charge >= 0.3 is 0 Å². The topological polar surface area (TPSA) is 67.4 Å². The summed E-state index contributed by atoms with van der Waals surface area (Å²) in [7, 11) is 0. The number of carbonyl (C=O) groups excluding carboxylic acids is 2. The number of para-hydroxylation sites is 2. The van der Waals surface area contributed by atoms with Crippen LogP contribution in [0.25, 0.3) is 0 Å². The second-order valence-electron chi connectivity index (χ2n) is 5.07. The van der Waals surface area contributed by atoms with Crippen LogP contribution < -0.4 is 15.4 Å². The summed E-state index contributed by atoms with van der Waals surface area (Å²) in [4.78, 5) is 22.8. The van der Waals surface area contributed by atoms with Gasteiger partial charge < -0.3 is 15.4 Å². The van der Waals surface area contributed by atoms with Gasteiger partial charge in [-0.2, -0.15) is 0 Å². The zero-order valence-corrected chi connectivity index (χ0v) is 12.4. The monoisotopic (exact) mass is 278 g/mol. The van der Waals surface area contributed by atoms with Crippen LogP contribution in [0.3, 0.4) is 0 Å². The van der Waals surface area contributed by atoms with Gasteiger partial charge in [0.25, 0.3) is 5.91 Å². The summed E-state index contributed by atoms with van der Waals surface area (Å²) in [6.45, 7) is 7.38. The number of benzene rings is 1. The molecule has 5 nitrogen and oxygen atoms in total. The second kappa shape index (κ2) is 7.53. The first-order valence-electron chi connectivity index (χ1n) is 6.69. The Bertz CT molecular complexity index is 472. The molecule has 0 bridgehead atoms. The van der Waals surface area contributed by atoms with Crippen molar-refractivity contribution in [3.63, 3.8) is 0 Å². The zero-order chi connectivity index (χ0) is 15.1. The summed E-state index contributed by atoms with van der Waals surface area (Å²) in [6, 6.07) is 7.11. The third-order valence-electron chi connectivity index (χ3n) is 2.95. The molecule has 20 heavy (non-hydrogen) atoms. The van der Waals surface area contributed by atoms with Crippen molar-refractivity contribution >= 4 is 17.5 Å². The maximum absolute atomic E-state index is 11.7. The molecule has 0 fully saturated rings. The third-order valence-corrected chi connectivity index (χ3v) is 2.95. The van der Waals surface area contributed by atoms with Gasteiger partial charge in [0.05, 0.1) is 5.69 Å². The molecule has 1 rings (SSSR count). The van der Waals surface area contributed by atoms with Crippen molar-refractivity contribution in [2.24, 2.45) is 5.92 Å². The lowest BCUT2D eigenvalue weighted by molar-refractivity contribution is -0.124. The first kappa shape index (κ1) is 16.0. The molecule has 0 aliphatic rings. The van der Waals surface area contributed by atoms with Crippen molar-refractivity contribution in [3.8, 4) is 5.75 Å². The number of carbonyl (C=O) groups is 2. The molecular formula is C15H22N2O3. The average Bonchev–Trinajstić information content (AvgIpc) is 2.36. The van der Waals surface area contributed by atoms with Crippen LogP contribution in [0.2, 0.25) is 0 Å². The average molecular weight is 278 g/mol. The molecule has 1 atom stereocenters. The lowest BCUT2D eigenvalue weighted by Crippen LogP contribution is -2.39. The predicted octanol–water partition coefficient (Wildman–Crippen LogP) is 2.18. The second-order valence-corrected chi connectivity index (χ2v) is 5.07. The Morgan fingerprint density at radius 2 is 1.85 bits per heavy atom. The van der Waals surface area contributed by atoms with Crippen LogP contribution in [0.5, 0.6) is 5.75 Å². The van der Waals surface area contributed by atoms with Gasteiger partial charge in [-0.1, -0.05) is 26.0 Å². The van der Waals surface area contributed by atoms with Crippen LogP contribution in [-0.4, -0.2) is 24.5 Å². The number of amides is 2. The highest BCUT2D eigenvalue weighted by atomic mass is 16.5. The Kier molecular flexibility index (Phi) is 6.03. The summed E-state index contributed by atoms with van der Waals surface area (Å²) >= 11 is 0. The van der Waals surface area contributed by atoms with E-state index in [1.807, 2.05) is 20.8 Å². The summed E-state index contributed by atoms with van der Waals surface area (Å²) in [5.41, 5.74) is 0.560. The molecule has 5 heteroatoms. The molecule has 0 spiro atoms. The van der Waals surface area contributed by atoms with Gasteiger partial charge in [0.1, 0.15) is 5.75 Å². The van der Waals surface area contributed by atoms with Crippen LogP contribution in [0, 0.1) is 5.92 Å². The molecule has 0 aromatic heterocycles. The van der Waals surface area contributed by atoms with Gasteiger partial charge in [-0.25, -0.2) is 0 Å². The fourth-order valence-corrected chi connectivity index (χ4v) is 1.49. The third kappa shape index (κ3) is 5.30. The Labute approximate surface area is 119 Å². The minimum Gasteiger partial charge on any atom is -0.482 e. The van der Waals surface area contributed by atoms with E-state index < -0.39 is 0 Å². The van der Waals surface area contributed by atoms with E-state index in [2.05, 4.69) is 10.6 Å². The molecule has 0 aliphatic heterocycles. The highest BCUT2D eigenvalue weighted by Crippen LogP contribution is 2.23. The van der Waals surface area contributed by atoms with E-state index in [4.69, 9.17) is 4.74 Å². The molecule has 0 saturated carbocycles. The Hall–Kier alpha value is -2.04. The smallest absolute Gasteiger partial charge is 0.258 e. The van der Waals surface area contributed by atoms with Gasteiger partial charge in [0.15, 0.2) is 6.61 Å². The molecular weight excluding hydrogens is 256 g/mol. The van der Waals surface area contributed by atoms with Gasteiger partial charge in [-0.05, 0) is 25.0 Å². The molecule has 0 radical (unpaired) electrons. The van der Waals surface area contributed by atoms with Crippen molar-refractivity contribution in [1.82, 2.24) is 5.32 Å². The summed E-state index contributed by atoms with van der Waals surface area (Å²) < 4.78 is 5.45. The fraction of sp³-hybridized carbons (Fsp3) is 0.467. The van der Waals surface area contributed by atoms with Gasteiger partial charge in [0.2, 0.25) is 5.91 Å². The van der Waals surface area contributed by atoms with E-state index in [1.165, 1.54) is 6.92 Å². The van der Waals surface area contributed by atoms with Crippen molar-refractivity contribution < 1.29 is 14.3 Å². The van der Waals surface area contributed by atoms with E-state index in [0.29, 0.717) is 17.4 Å². The fourth-order valence-electron chi connectivity index (χ4n) is 1.49. The van der Waals surface area contributed by atoms with E-state index in [1.54, 1.807) is 24.3 Å². The maximum atomic E-state index is 11.7. The maximum Gasteiger partial charge on any atom is 0.258 e. The molecule has 1 aromatic carbocycles. The number of ether oxygens (including phenoxy) is 1. The highest BCUT2D eigenvalue weighted by molar-refractivity contribution is 5.90. The Morgan fingerprint density at radius 1 is 1.20 bits per heavy atom. The predicted molar refractivity (Wildman–Crippen MR) is 78.7 cm³/mol. The minimum absolute atomic E-state index is 0.0757. The molecule has 2 N–H and O–H groups in total. The van der Waals surface area contributed by atoms with Crippen LogP contribution in [0.1, 0.15) is 27.7 Å². The SMILES string of the molecule is CC(=O)Nc1ccccc1OCC(=O)NC(C)C(C)C. The Balaban J connectivity index is 2.57. The molecule has 0 aliphatic carbocycles.